The van der Waals surface area contributed by atoms with E-state index >= 15 is 0 Å². The molecule has 0 aliphatic rings. The smallest absolute Gasteiger partial charge is 0.176 e. The molecule has 0 aliphatic carbocycles. The molecule has 1 rings (SSSR count). The Labute approximate surface area is 103 Å². The summed E-state index contributed by atoms with van der Waals surface area (Å²) in [5.41, 5.74) is 6.85. The summed E-state index contributed by atoms with van der Waals surface area (Å²) < 4.78 is 0.577. The van der Waals surface area contributed by atoms with Gasteiger partial charge in [-0.3, -0.25) is 4.79 Å². The molecule has 1 aromatic rings. The van der Waals surface area contributed by atoms with Crippen LogP contribution in [-0.2, 0) is 0 Å². The maximum Gasteiger partial charge on any atom is 0.176 e. The standard InChI is InChI=1S/C11H12BrN3O/c1-15(2)6-10(16)7-3-8(5-13)11(14)9(12)4-7/h3-4H,6,14H2,1-2H3. The Morgan fingerprint density at radius 3 is 2.69 bits per heavy atom. The van der Waals surface area contributed by atoms with Crippen molar-refractivity contribution in [2.24, 2.45) is 0 Å². The lowest BCUT2D eigenvalue weighted by Gasteiger charge is -2.10. The Balaban J connectivity index is 3.13. The van der Waals surface area contributed by atoms with Gasteiger partial charge in [0.25, 0.3) is 0 Å². The SMILES string of the molecule is CN(C)CC(=O)c1cc(Br)c(N)c(C#N)c1. The molecule has 0 saturated carbocycles. The van der Waals surface area contributed by atoms with Crippen LogP contribution in [0, 0.1) is 11.3 Å². The van der Waals surface area contributed by atoms with Gasteiger partial charge < -0.3 is 10.6 Å². The lowest BCUT2D eigenvalue weighted by atomic mass is 10.1. The molecule has 1 aromatic carbocycles. The van der Waals surface area contributed by atoms with E-state index in [1.165, 1.54) is 6.07 Å². The number of hydrogen-bond donors (Lipinski definition) is 1. The lowest BCUT2D eigenvalue weighted by molar-refractivity contribution is 0.0958. The molecule has 2 N–H and O–H groups in total. The highest BCUT2D eigenvalue weighted by molar-refractivity contribution is 9.10. The lowest BCUT2D eigenvalue weighted by Crippen LogP contribution is -2.21. The minimum atomic E-state index is -0.0396. The van der Waals surface area contributed by atoms with Crippen LogP contribution in [0.3, 0.4) is 0 Å². The van der Waals surface area contributed by atoms with Crippen molar-refractivity contribution >= 4 is 27.4 Å². The predicted octanol–water partition coefficient (Wildman–Crippen LogP) is 1.65. The van der Waals surface area contributed by atoms with Crippen molar-refractivity contribution in [2.75, 3.05) is 26.4 Å². The van der Waals surface area contributed by atoms with Crippen LogP contribution in [0.25, 0.3) is 0 Å². The van der Waals surface area contributed by atoms with Crippen LogP contribution >= 0.6 is 15.9 Å². The Morgan fingerprint density at radius 1 is 1.56 bits per heavy atom. The second-order valence-corrected chi connectivity index (χ2v) is 4.55. The van der Waals surface area contributed by atoms with Crippen molar-refractivity contribution < 1.29 is 4.79 Å². The number of likely N-dealkylation sites (N-methyl/N-ethyl adjacent to an activating group) is 1. The quantitative estimate of drug-likeness (QED) is 0.676. The molecule has 0 atom stereocenters. The molecular formula is C11H12BrN3O. The average Bonchev–Trinajstić information content (AvgIpc) is 2.20. The molecule has 0 amide bonds. The first-order valence-electron chi connectivity index (χ1n) is 4.62. The predicted molar refractivity (Wildman–Crippen MR) is 66.2 cm³/mol. The van der Waals surface area contributed by atoms with Gasteiger partial charge in [-0.2, -0.15) is 5.26 Å². The highest BCUT2D eigenvalue weighted by Crippen LogP contribution is 2.25. The molecule has 0 radical (unpaired) electrons. The van der Waals surface area contributed by atoms with Crippen molar-refractivity contribution in [1.29, 1.82) is 5.26 Å². The van der Waals surface area contributed by atoms with E-state index in [2.05, 4.69) is 15.9 Å². The number of ketones is 1. The van der Waals surface area contributed by atoms with Gasteiger partial charge in [-0.15, -0.1) is 0 Å². The molecule has 0 bridgehead atoms. The summed E-state index contributed by atoms with van der Waals surface area (Å²) >= 11 is 3.23. The first-order valence-corrected chi connectivity index (χ1v) is 5.42. The Morgan fingerprint density at radius 2 is 2.19 bits per heavy atom. The van der Waals surface area contributed by atoms with E-state index in [9.17, 15) is 4.79 Å². The number of nitrogens with two attached hydrogens (primary N) is 1. The molecule has 4 nitrogen and oxygen atoms in total. The Hall–Kier alpha value is -1.38. The van der Waals surface area contributed by atoms with Crippen molar-refractivity contribution in [3.8, 4) is 6.07 Å². The first kappa shape index (κ1) is 12.7. The molecule has 0 heterocycles. The number of carbonyl (C=O) groups excluding carboxylic acids is 1. The average molecular weight is 282 g/mol. The summed E-state index contributed by atoms with van der Waals surface area (Å²) in [5, 5.41) is 8.86. The van der Waals surface area contributed by atoms with Gasteiger partial charge in [0.2, 0.25) is 0 Å². The van der Waals surface area contributed by atoms with Crippen LogP contribution < -0.4 is 5.73 Å². The molecule has 0 aliphatic heterocycles. The fourth-order valence-corrected chi connectivity index (χ4v) is 1.71. The van der Waals surface area contributed by atoms with Gasteiger partial charge in [-0.1, -0.05) is 0 Å². The Bertz CT molecular complexity index is 463. The summed E-state index contributed by atoms with van der Waals surface area (Å²) in [7, 11) is 3.63. The molecule has 84 valence electrons. The third kappa shape index (κ3) is 2.81. The number of benzene rings is 1. The monoisotopic (exact) mass is 281 g/mol. The minimum Gasteiger partial charge on any atom is -0.397 e. The van der Waals surface area contributed by atoms with Gasteiger partial charge >= 0.3 is 0 Å². The highest BCUT2D eigenvalue weighted by Gasteiger charge is 2.12. The third-order valence-electron chi connectivity index (χ3n) is 2.03. The van der Waals surface area contributed by atoms with E-state index < -0.39 is 0 Å². The van der Waals surface area contributed by atoms with Gasteiger partial charge in [0.15, 0.2) is 5.78 Å². The van der Waals surface area contributed by atoms with Crippen LogP contribution in [0.1, 0.15) is 15.9 Å². The number of nitriles is 1. The van der Waals surface area contributed by atoms with Gasteiger partial charge in [0, 0.05) is 10.0 Å². The number of rotatable bonds is 3. The third-order valence-corrected chi connectivity index (χ3v) is 2.69. The number of anilines is 1. The zero-order chi connectivity index (χ0) is 12.3. The summed E-state index contributed by atoms with van der Waals surface area (Å²) in [6.07, 6.45) is 0. The maximum atomic E-state index is 11.8. The largest absolute Gasteiger partial charge is 0.397 e. The molecule has 16 heavy (non-hydrogen) atoms. The summed E-state index contributed by atoms with van der Waals surface area (Å²) in [4.78, 5) is 13.6. The second-order valence-electron chi connectivity index (χ2n) is 3.69. The summed E-state index contributed by atoms with van der Waals surface area (Å²) in [6, 6.07) is 5.12. The van der Waals surface area contributed by atoms with Crippen molar-refractivity contribution in [1.82, 2.24) is 4.90 Å². The zero-order valence-corrected chi connectivity index (χ0v) is 10.7. The van der Waals surface area contributed by atoms with Crippen LogP contribution in [0.4, 0.5) is 5.69 Å². The van der Waals surface area contributed by atoms with E-state index in [0.717, 1.165) is 0 Å². The molecule has 0 spiro atoms. The van der Waals surface area contributed by atoms with E-state index in [-0.39, 0.29) is 5.78 Å². The number of halogens is 1. The van der Waals surface area contributed by atoms with Gasteiger partial charge in [0.05, 0.1) is 17.8 Å². The number of nitrogens with zero attached hydrogens (tertiary/aromatic N) is 2. The number of nitrogen functional groups attached to an aromatic ring is 1. The van der Waals surface area contributed by atoms with Crippen molar-refractivity contribution in [3.05, 3.63) is 27.7 Å². The molecular weight excluding hydrogens is 270 g/mol. The van der Waals surface area contributed by atoms with Gasteiger partial charge in [-0.25, -0.2) is 0 Å². The van der Waals surface area contributed by atoms with Crippen LogP contribution in [-0.4, -0.2) is 31.3 Å². The van der Waals surface area contributed by atoms with Crippen LogP contribution in [0.5, 0.6) is 0 Å². The number of carbonyl (C=O) groups is 1. The van der Waals surface area contributed by atoms with Gasteiger partial charge in [-0.05, 0) is 42.2 Å². The summed E-state index contributed by atoms with van der Waals surface area (Å²) in [6.45, 7) is 0.307. The van der Waals surface area contributed by atoms with Crippen molar-refractivity contribution in [3.63, 3.8) is 0 Å². The normalized spacial score (nSPS) is 10.2. The van der Waals surface area contributed by atoms with Crippen molar-refractivity contribution in [2.45, 2.75) is 0 Å². The van der Waals surface area contributed by atoms with Crippen LogP contribution in [0.2, 0.25) is 0 Å². The topological polar surface area (TPSA) is 70.1 Å². The maximum absolute atomic E-state index is 11.8. The van der Waals surface area contributed by atoms with E-state index in [0.29, 0.717) is 27.8 Å². The van der Waals surface area contributed by atoms with E-state index in [4.69, 9.17) is 11.0 Å². The fraction of sp³-hybridized carbons (Fsp3) is 0.273. The minimum absolute atomic E-state index is 0.0396. The first-order chi connectivity index (χ1) is 7.45. The molecule has 0 saturated heterocycles. The molecule has 0 unspecified atom stereocenters. The molecule has 0 aromatic heterocycles. The van der Waals surface area contributed by atoms with Gasteiger partial charge in [0.1, 0.15) is 6.07 Å². The van der Waals surface area contributed by atoms with E-state index in [1.807, 2.05) is 20.2 Å². The van der Waals surface area contributed by atoms with E-state index in [1.54, 1.807) is 11.0 Å². The zero-order valence-electron chi connectivity index (χ0n) is 9.12. The highest BCUT2D eigenvalue weighted by atomic mass is 79.9. The second kappa shape index (κ2) is 5.10. The summed E-state index contributed by atoms with van der Waals surface area (Å²) in [5.74, 6) is -0.0396. The van der Waals surface area contributed by atoms with Crippen LogP contribution in [0.15, 0.2) is 16.6 Å². The molecule has 0 fully saturated rings. The number of Topliss-reactive ketones (excluding diaryl/α,β-unsaturated/α-hetero) is 1. The number of hydrogen-bond acceptors (Lipinski definition) is 4. The fourth-order valence-electron chi connectivity index (χ4n) is 1.25. The molecule has 5 heteroatoms. The Kier molecular flexibility index (Phi) is 4.05.